The highest BCUT2D eigenvalue weighted by molar-refractivity contribution is 5.91. The number of hydrogen-bond acceptors (Lipinski definition) is 2. The Morgan fingerprint density at radius 2 is 2.14 bits per heavy atom. The van der Waals surface area contributed by atoms with Gasteiger partial charge in [0.15, 0.2) is 0 Å². The summed E-state index contributed by atoms with van der Waals surface area (Å²) in [4.78, 5) is 11.3. The van der Waals surface area contributed by atoms with Gasteiger partial charge >= 0.3 is 0 Å². The zero-order chi connectivity index (χ0) is 10.4. The van der Waals surface area contributed by atoms with Gasteiger partial charge in [-0.05, 0) is 12.5 Å². The zero-order valence-electron chi connectivity index (χ0n) is 8.29. The van der Waals surface area contributed by atoms with Crippen molar-refractivity contribution in [1.82, 2.24) is 0 Å². The van der Waals surface area contributed by atoms with E-state index in [0.29, 0.717) is 12.1 Å². The van der Waals surface area contributed by atoms with Crippen molar-refractivity contribution in [3.63, 3.8) is 0 Å². The number of rotatable bonds is 4. The quantitative estimate of drug-likeness (QED) is 0.767. The standard InChI is InChI=1S/C11H15NO2/c1-2-5-11(14)12-10-7-4-3-6-9(10)8-13/h3-4,6-7,13H,2,5,8H2,1H3,(H,12,14). The van der Waals surface area contributed by atoms with E-state index in [-0.39, 0.29) is 12.5 Å². The van der Waals surface area contributed by atoms with Crippen LogP contribution < -0.4 is 5.32 Å². The molecule has 1 amide bonds. The summed E-state index contributed by atoms with van der Waals surface area (Å²) >= 11 is 0. The minimum atomic E-state index is -0.0530. The molecule has 0 bridgehead atoms. The molecule has 0 saturated heterocycles. The van der Waals surface area contributed by atoms with Gasteiger partial charge in [0.2, 0.25) is 5.91 Å². The Morgan fingerprint density at radius 1 is 1.43 bits per heavy atom. The summed E-state index contributed by atoms with van der Waals surface area (Å²) in [5.41, 5.74) is 1.45. The van der Waals surface area contributed by atoms with E-state index in [0.717, 1.165) is 12.0 Å². The molecule has 3 nitrogen and oxygen atoms in total. The molecule has 0 unspecified atom stereocenters. The van der Waals surface area contributed by atoms with Gasteiger partial charge in [-0.2, -0.15) is 0 Å². The van der Waals surface area contributed by atoms with Crippen LogP contribution in [0.3, 0.4) is 0 Å². The van der Waals surface area contributed by atoms with Gasteiger partial charge in [0.1, 0.15) is 0 Å². The van der Waals surface area contributed by atoms with Gasteiger partial charge in [0, 0.05) is 17.7 Å². The number of nitrogens with one attached hydrogen (secondary N) is 1. The molecule has 3 heteroatoms. The van der Waals surface area contributed by atoms with Crippen molar-refractivity contribution < 1.29 is 9.90 Å². The van der Waals surface area contributed by atoms with Crippen molar-refractivity contribution in [2.75, 3.05) is 5.32 Å². The maximum atomic E-state index is 11.3. The van der Waals surface area contributed by atoms with E-state index in [2.05, 4.69) is 5.32 Å². The van der Waals surface area contributed by atoms with Crippen LogP contribution in [0.4, 0.5) is 5.69 Å². The van der Waals surface area contributed by atoms with Gasteiger partial charge in [0.25, 0.3) is 0 Å². The SMILES string of the molecule is CCCC(=O)Nc1ccccc1CO. The minimum absolute atomic E-state index is 0.00611. The average molecular weight is 193 g/mol. The smallest absolute Gasteiger partial charge is 0.224 e. The van der Waals surface area contributed by atoms with Gasteiger partial charge in [0.05, 0.1) is 6.61 Å². The predicted octanol–water partition coefficient (Wildman–Crippen LogP) is 1.92. The number of aliphatic hydroxyl groups excluding tert-OH is 1. The van der Waals surface area contributed by atoms with Crippen LogP contribution >= 0.6 is 0 Å². The van der Waals surface area contributed by atoms with Crippen LogP contribution in [0.15, 0.2) is 24.3 Å². The Kier molecular flexibility index (Phi) is 4.13. The molecule has 0 saturated carbocycles. The third kappa shape index (κ3) is 2.85. The number of benzene rings is 1. The van der Waals surface area contributed by atoms with Gasteiger partial charge in [-0.25, -0.2) is 0 Å². The number of carbonyl (C=O) groups excluding carboxylic acids is 1. The Morgan fingerprint density at radius 3 is 2.79 bits per heavy atom. The number of hydrogen-bond donors (Lipinski definition) is 2. The summed E-state index contributed by atoms with van der Waals surface area (Å²) in [6, 6.07) is 7.25. The Balaban J connectivity index is 2.70. The van der Waals surface area contributed by atoms with Crippen LogP contribution in [-0.4, -0.2) is 11.0 Å². The first-order chi connectivity index (χ1) is 6.77. The largest absolute Gasteiger partial charge is 0.392 e. The van der Waals surface area contributed by atoms with Crippen molar-refractivity contribution in [1.29, 1.82) is 0 Å². The lowest BCUT2D eigenvalue weighted by molar-refractivity contribution is -0.116. The Labute approximate surface area is 83.8 Å². The first kappa shape index (κ1) is 10.7. The maximum Gasteiger partial charge on any atom is 0.224 e. The van der Waals surface area contributed by atoms with Crippen molar-refractivity contribution >= 4 is 11.6 Å². The number of amides is 1. The van der Waals surface area contributed by atoms with Crippen LogP contribution in [0.5, 0.6) is 0 Å². The van der Waals surface area contributed by atoms with Crippen LogP contribution in [0.25, 0.3) is 0 Å². The monoisotopic (exact) mass is 193 g/mol. The molecule has 0 spiro atoms. The Bertz CT molecular complexity index is 310. The molecule has 0 aliphatic rings. The molecule has 0 heterocycles. The molecule has 2 N–H and O–H groups in total. The van der Waals surface area contributed by atoms with Crippen LogP contribution in [0.2, 0.25) is 0 Å². The highest BCUT2D eigenvalue weighted by Gasteiger charge is 2.03. The lowest BCUT2D eigenvalue weighted by atomic mass is 10.2. The molecule has 1 aromatic rings. The molecule has 0 fully saturated rings. The molecular weight excluding hydrogens is 178 g/mol. The van der Waals surface area contributed by atoms with Crippen molar-refractivity contribution in [2.24, 2.45) is 0 Å². The molecule has 14 heavy (non-hydrogen) atoms. The van der Waals surface area contributed by atoms with E-state index in [1.807, 2.05) is 19.1 Å². The summed E-state index contributed by atoms with van der Waals surface area (Å²) in [7, 11) is 0. The van der Waals surface area contributed by atoms with Gasteiger partial charge in [-0.1, -0.05) is 25.1 Å². The maximum absolute atomic E-state index is 11.3. The highest BCUT2D eigenvalue weighted by atomic mass is 16.3. The third-order valence-corrected chi connectivity index (χ3v) is 1.94. The van der Waals surface area contributed by atoms with Crippen LogP contribution in [0, 0.1) is 0 Å². The van der Waals surface area contributed by atoms with Crippen LogP contribution in [-0.2, 0) is 11.4 Å². The van der Waals surface area contributed by atoms with Crippen molar-refractivity contribution in [2.45, 2.75) is 26.4 Å². The van der Waals surface area contributed by atoms with Crippen molar-refractivity contribution in [3.05, 3.63) is 29.8 Å². The van der Waals surface area contributed by atoms with Crippen molar-refractivity contribution in [3.8, 4) is 0 Å². The summed E-state index contributed by atoms with van der Waals surface area (Å²) in [6.07, 6.45) is 1.34. The summed E-state index contributed by atoms with van der Waals surface area (Å²) in [5, 5.41) is 11.8. The summed E-state index contributed by atoms with van der Waals surface area (Å²) < 4.78 is 0. The molecular formula is C11H15NO2. The normalized spacial score (nSPS) is 9.86. The fourth-order valence-corrected chi connectivity index (χ4v) is 1.22. The number of aliphatic hydroxyl groups is 1. The zero-order valence-corrected chi connectivity index (χ0v) is 8.29. The molecule has 0 aromatic heterocycles. The summed E-state index contributed by atoms with van der Waals surface area (Å²) in [5.74, 6) is -0.00611. The lowest BCUT2D eigenvalue weighted by Crippen LogP contribution is -2.12. The first-order valence-corrected chi connectivity index (χ1v) is 4.76. The van der Waals surface area contributed by atoms with Gasteiger partial charge in [-0.15, -0.1) is 0 Å². The van der Waals surface area contributed by atoms with E-state index in [1.165, 1.54) is 0 Å². The lowest BCUT2D eigenvalue weighted by Gasteiger charge is -2.08. The second-order valence-electron chi connectivity index (χ2n) is 3.11. The second kappa shape index (κ2) is 5.40. The van der Waals surface area contributed by atoms with Gasteiger partial charge < -0.3 is 10.4 Å². The molecule has 0 aliphatic carbocycles. The number of anilines is 1. The topological polar surface area (TPSA) is 49.3 Å². The van der Waals surface area contributed by atoms with Gasteiger partial charge in [-0.3, -0.25) is 4.79 Å². The summed E-state index contributed by atoms with van der Waals surface area (Å²) in [6.45, 7) is 1.90. The van der Waals surface area contributed by atoms with E-state index >= 15 is 0 Å². The molecule has 1 rings (SSSR count). The third-order valence-electron chi connectivity index (χ3n) is 1.94. The molecule has 1 aromatic carbocycles. The minimum Gasteiger partial charge on any atom is -0.392 e. The van der Waals surface area contributed by atoms with E-state index < -0.39 is 0 Å². The molecule has 0 radical (unpaired) electrons. The van der Waals surface area contributed by atoms with E-state index in [1.54, 1.807) is 12.1 Å². The number of para-hydroxylation sites is 1. The highest BCUT2D eigenvalue weighted by Crippen LogP contribution is 2.14. The average Bonchev–Trinajstić information content (AvgIpc) is 2.19. The molecule has 0 atom stereocenters. The van der Waals surface area contributed by atoms with E-state index in [4.69, 9.17) is 5.11 Å². The van der Waals surface area contributed by atoms with E-state index in [9.17, 15) is 4.79 Å². The Hall–Kier alpha value is -1.35. The predicted molar refractivity (Wildman–Crippen MR) is 55.9 cm³/mol. The molecule has 76 valence electrons. The van der Waals surface area contributed by atoms with Crippen LogP contribution in [0.1, 0.15) is 25.3 Å². The number of carbonyl (C=O) groups is 1. The molecule has 0 aliphatic heterocycles. The fourth-order valence-electron chi connectivity index (χ4n) is 1.22. The fraction of sp³-hybridized carbons (Fsp3) is 0.364. The first-order valence-electron chi connectivity index (χ1n) is 4.76. The second-order valence-corrected chi connectivity index (χ2v) is 3.11.